The highest BCUT2D eigenvalue weighted by atomic mass is 32.2. The molecule has 2 rings (SSSR count). The number of hydrogen-bond acceptors (Lipinski definition) is 8. The molecule has 0 aliphatic heterocycles. The largest absolute Gasteiger partial charge is 0.459 e. The van der Waals surface area contributed by atoms with Gasteiger partial charge in [0, 0.05) is 0 Å². The molecule has 160 valence electrons. The van der Waals surface area contributed by atoms with E-state index in [9.17, 15) is 27.2 Å². The standard InChI is InChI=1S/C20H19FO8S/c1-30(25,26)29-17(13-27-19(23)14-8-4-2-5-9-14)18(16(21)12-22)28-20(24)15-10-6-3-7-11-15/h2-12,16-18H,13H2,1H3/t16-,17-,18+/m1/s1. The Morgan fingerprint density at radius 1 is 0.967 bits per heavy atom. The van der Waals surface area contributed by atoms with E-state index in [1.807, 2.05) is 0 Å². The zero-order valence-electron chi connectivity index (χ0n) is 15.8. The summed E-state index contributed by atoms with van der Waals surface area (Å²) in [5.74, 6) is -1.85. The van der Waals surface area contributed by atoms with Crippen LogP contribution in [0.4, 0.5) is 4.39 Å². The van der Waals surface area contributed by atoms with Gasteiger partial charge in [0.2, 0.25) is 0 Å². The molecule has 10 heteroatoms. The van der Waals surface area contributed by atoms with Gasteiger partial charge in [-0.1, -0.05) is 36.4 Å². The van der Waals surface area contributed by atoms with E-state index in [1.54, 1.807) is 24.3 Å². The molecule has 3 atom stereocenters. The van der Waals surface area contributed by atoms with Gasteiger partial charge in [0.25, 0.3) is 10.1 Å². The average Bonchev–Trinajstić information content (AvgIpc) is 2.74. The maximum absolute atomic E-state index is 14.3. The summed E-state index contributed by atoms with van der Waals surface area (Å²) in [6.45, 7) is -0.790. The van der Waals surface area contributed by atoms with Gasteiger partial charge in [-0.05, 0) is 24.3 Å². The van der Waals surface area contributed by atoms with E-state index in [0.29, 0.717) is 6.26 Å². The lowest BCUT2D eigenvalue weighted by Gasteiger charge is -2.26. The predicted octanol–water partition coefficient (Wildman–Crippen LogP) is 1.95. The van der Waals surface area contributed by atoms with Crippen LogP contribution >= 0.6 is 0 Å². The van der Waals surface area contributed by atoms with Gasteiger partial charge in [0.15, 0.2) is 24.7 Å². The van der Waals surface area contributed by atoms with Crippen molar-refractivity contribution in [3.05, 3.63) is 71.8 Å². The number of hydrogen-bond donors (Lipinski definition) is 0. The number of esters is 2. The number of halogens is 1. The minimum absolute atomic E-state index is 0.0417. The molecular weight excluding hydrogens is 419 g/mol. The van der Waals surface area contributed by atoms with Crippen molar-refractivity contribution in [2.45, 2.75) is 18.4 Å². The van der Waals surface area contributed by atoms with Gasteiger partial charge < -0.3 is 9.47 Å². The number of carbonyl (C=O) groups is 3. The fraction of sp³-hybridized carbons (Fsp3) is 0.250. The number of benzene rings is 2. The molecule has 0 fully saturated rings. The molecular formula is C20H19FO8S. The molecule has 0 heterocycles. The highest BCUT2D eigenvalue weighted by Gasteiger charge is 2.37. The van der Waals surface area contributed by atoms with Crippen molar-refractivity contribution in [2.24, 2.45) is 0 Å². The first-order valence-electron chi connectivity index (χ1n) is 8.67. The molecule has 0 radical (unpaired) electrons. The molecule has 0 saturated carbocycles. The third-order valence-electron chi connectivity index (χ3n) is 3.75. The van der Waals surface area contributed by atoms with Gasteiger partial charge in [0.1, 0.15) is 6.61 Å². The Bertz CT molecular complexity index is 963. The van der Waals surface area contributed by atoms with Crippen LogP contribution in [0.3, 0.4) is 0 Å². The summed E-state index contributed by atoms with van der Waals surface area (Å²) in [5.41, 5.74) is 0.195. The summed E-state index contributed by atoms with van der Waals surface area (Å²) in [7, 11) is -4.19. The first-order chi connectivity index (χ1) is 14.2. The van der Waals surface area contributed by atoms with E-state index in [-0.39, 0.29) is 17.4 Å². The lowest BCUT2D eigenvalue weighted by molar-refractivity contribution is -0.120. The summed E-state index contributed by atoms with van der Waals surface area (Å²) in [6.07, 6.45) is -5.68. The number of ether oxygens (including phenoxy) is 2. The van der Waals surface area contributed by atoms with Gasteiger partial charge in [-0.3, -0.25) is 8.98 Å². The van der Waals surface area contributed by atoms with E-state index >= 15 is 0 Å². The molecule has 0 unspecified atom stereocenters. The number of aldehydes is 1. The van der Waals surface area contributed by atoms with Crippen LogP contribution in [0.2, 0.25) is 0 Å². The Balaban J connectivity index is 2.23. The Kier molecular flexibility index (Phi) is 8.19. The van der Waals surface area contributed by atoms with Crippen molar-refractivity contribution in [1.82, 2.24) is 0 Å². The quantitative estimate of drug-likeness (QED) is 0.314. The van der Waals surface area contributed by atoms with Crippen LogP contribution in [-0.2, 0) is 28.6 Å². The molecule has 0 amide bonds. The average molecular weight is 438 g/mol. The lowest BCUT2D eigenvalue weighted by Crippen LogP contribution is -2.45. The molecule has 0 bridgehead atoms. The van der Waals surface area contributed by atoms with Crippen molar-refractivity contribution in [1.29, 1.82) is 0 Å². The molecule has 0 N–H and O–H groups in total. The lowest BCUT2D eigenvalue weighted by atomic mass is 10.1. The Morgan fingerprint density at radius 2 is 1.47 bits per heavy atom. The van der Waals surface area contributed by atoms with Crippen LogP contribution in [0, 0.1) is 0 Å². The third kappa shape index (κ3) is 7.05. The first-order valence-corrected chi connectivity index (χ1v) is 10.5. The zero-order valence-corrected chi connectivity index (χ0v) is 16.7. The van der Waals surface area contributed by atoms with E-state index in [2.05, 4.69) is 0 Å². The molecule has 0 aliphatic rings. The third-order valence-corrected chi connectivity index (χ3v) is 4.35. The van der Waals surface area contributed by atoms with Gasteiger partial charge in [-0.2, -0.15) is 8.42 Å². The van der Waals surface area contributed by atoms with Crippen LogP contribution in [0.25, 0.3) is 0 Å². The Labute approximate surface area is 172 Å². The van der Waals surface area contributed by atoms with Crippen molar-refractivity contribution >= 4 is 28.3 Å². The predicted molar refractivity (Wildman–Crippen MR) is 103 cm³/mol. The summed E-state index contributed by atoms with van der Waals surface area (Å²) in [4.78, 5) is 35.4. The SMILES string of the molecule is CS(=O)(=O)O[C@H](COC(=O)c1ccccc1)[C@@H](OC(=O)c1ccccc1)[C@H](F)C=O. The van der Waals surface area contributed by atoms with Gasteiger partial charge in [-0.15, -0.1) is 0 Å². The second-order valence-electron chi connectivity index (χ2n) is 6.12. The van der Waals surface area contributed by atoms with E-state index < -0.39 is 47.0 Å². The molecule has 0 spiro atoms. The molecule has 0 aromatic heterocycles. The molecule has 0 aliphatic carbocycles. The zero-order chi connectivity index (χ0) is 22.1. The minimum Gasteiger partial charge on any atom is -0.459 e. The Morgan fingerprint density at radius 3 is 1.93 bits per heavy atom. The second-order valence-corrected chi connectivity index (χ2v) is 7.72. The van der Waals surface area contributed by atoms with E-state index in [1.165, 1.54) is 36.4 Å². The fourth-order valence-corrected chi connectivity index (χ4v) is 3.02. The highest BCUT2D eigenvalue weighted by molar-refractivity contribution is 7.86. The first kappa shape index (κ1) is 23.2. The van der Waals surface area contributed by atoms with Crippen molar-refractivity contribution in [2.75, 3.05) is 12.9 Å². The molecule has 0 saturated heterocycles. The summed E-state index contributed by atoms with van der Waals surface area (Å²) >= 11 is 0. The topological polar surface area (TPSA) is 113 Å². The molecule has 30 heavy (non-hydrogen) atoms. The normalized spacial score (nSPS) is 14.2. The van der Waals surface area contributed by atoms with E-state index in [0.717, 1.165) is 0 Å². The van der Waals surface area contributed by atoms with Gasteiger partial charge in [-0.25, -0.2) is 14.0 Å². The Hall–Kier alpha value is -3.11. The molecule has 2 aromatic carbocycles. The maximum Gasteiger partial charge on any atom is 0.338 e. The number of alkyl halides is 1. The highest BCUT2D eigenvalue weighted by Crippen LogP contribution is 2.17. The second kappa shape index (κ2) is 10.6. The summed E-state index contributed by atoms with van der Waals surface area (Å²) < 4.78 is 52.3. The van der Waals surface area contributed by atoms with Crippen molar-refractivity contribution in [3.8, 4) is 0 Å². The van der Waals surface area contributed by atoms with Gasteiger partial charge in [0.05, 0.1) is 17.4 Å². The van der Waals surface area contributed by atoms with Crippen LogP contribution in [0.15, 0.2) is 60.7 Å². The summed E-state index contributed by atoms with van der Waals surface area (Å²) in [5, 5.41) is 0. The number of carbonyl (C=O) groups excluding carboxylic acids is 3. The minimum atomic E-state index is -4.19. The van der Waals surface area contributed by atoms with Crippen molar-refractivity contribution < 1.29 is 40.8 Å². The fourth-order valence-electron chi connectivity index (χ4n) is 2.41. The number of rotatable bonds is 10. The summed E-state index contributed by atoms with van der Waals surface area (Å²) in [6, 6.07) is 15.2. The van der Waals surface area contributed by atoms with E-state index in [4.69, 9.17) is 13.7 Å². The molecule has 8 nitrogen and oxygen atoms in total. The van der Waals surface area contributed by atoms with Crippen molar-refractivity contribution in [3.63, 3.8) is 0 Å². The van der Waals surface area contributed by atoms with Crippen LogP contribution in [0.5, 0.6) is 0 Å². The molecule has 2 aromatic rings. The van der Waals surface area contributed by atoms with Crippen LogP contribution in [0.1, 0.15) is 20.7 Å². The smallest absolute Gasteiger partial charge is 0.338 e. The monoisotopic (exact) mass is 438 g/mol. The maximum atomic E-state index is 14.3. The van der Waals surface area contributed by atoms with Crippen LogP contribution < -0.4 is 0 Å². The van der Waals surface area contributed by atoms with Gasteiger partial charge >= 0.3 is 11.9 Å². The van der Waals surface area contributed by atoms with Crippen LogP contribution in [-0.4, -0.2) is 57.9 Å².